The van der Waals surface area contributed by atoms with Crippen molar-refractivity contribution in [2.75, 3.05) is 24.4 Å². The van der Waals surface area contributed by atoms with Gasteiger partial charge in [-0.15, -0.1) is 0 Å². The van der Waals surface area contributed by atoms with Crippen LogP contribution in [-0.2, 0) is 32.4 Å². The number of ether oxygens (including phenoxy) is 3. The molecule has 0 saturated carbocycles. The number of hydrogen-bond donors (Lipinski definition) is 5. The monoisotopic (exact) mass is 666 g/mol. The summed E-state index contributed by atoms with van der Waals surface area (Å²) in [6, 6.07) is 0. The van der Waals surface area contributed by atoms with Gasteiger partial charge in [0.2, 0.25) is 8.03 Å². The number of alkyl halides is 2. The average Bonchev–Trinajstić information content (AvgIpc) is 3.65. The van der Waals surface area contributed by atoms with Crippen molar-refractivity contribution < 1.29 is 56.1 Å². The van der Waals surface area contributed by atoms with Crippen LogP contribution in [0.1, 0.15) is 19.4 Å². The number of fused-ring (bicyclic) bond motifs is 2. The first-order chi connectivity index (χ1) is 20.9. The zero-order chi connectivity index (χ0) is 31.8. The van der Waals surface area contributed by atoms with Gasteiger partial charge in [0.25, 0.3) is 0 Å². The van der Waals surface area contributed by atoms with Gasteiger partial charge >= 0.3 is 14.4 Å². The highest BCUT2D eigenvalue weighted by molar-refractivity contribution is 7.47. The third kappa shape index (κ3) is 6.69. The van der Waals surface area contributed by atoms with E-state index in [1.165, 1.54) is 17.8 Å². The van der Waals surface area contributed by atoms with Crippen LogP contribution in [0, 0.1) is 0 Å². The van der Waals surface area contributed by atoms with Crippen molar-refractivity contribution in [2.24, 2.45) is 0 Å². The van der Waals surface area contributed by atoms with Crippen LogP contribution in [0.5, 0.6) is 0 Å². The van der Waals surface area contributed by atoms with Crippen molar-refractivity contribution in [1.82, 2.24) is 39.0 Å². The number of imidazole rings is 2. The second-order valence-electron chi connectivity index (χ2n) is 9.24. The summed E-state index contributed by atoms with van der Waals surface area (Å²) >= 11 is 0. The van der Waals surface area contributed by atoms with E-state index in [9.17, 15) is 28.4 Å². The van der Waals surface area contributed by atoms with E-state index in [0.29, 0.717) is 0 Å². The third-order valence-corrected chi connectivity index (χ3v) is 7.83. The Balaban J connectivity index is 1.33. The smallest absolute Gasteiger partial charge is 0.382 e. The van der Waals surface area contributed by atoms with E-state index in [-0.39, 0.29) is 34.0 Å². The first-order valence-corrected chi connectivity index (χ1v) is 15.5. The summed E-state index contributed by atoms with van der Waals surface area (Å²) in [5, 5.41) is 9.25. The molecule has 1 saturated heterocycles. The topological polar surface area (TPSA) is 280 Å². The number of aromatic nitrogens is 8. The molecule has 1 aliphatic heterocycles. The molecule has 0 aliphatic carbocycles. The van der Waals surface area contributed by atoms with Gasteiger partial charge in [0, 0.05) is 0 Å². The molecule has 240 valence electrons. The number of aliphatic hydroxyl groups excluding tert-OH is 1. The second kappa shape index (κ2) is 13.0. The number of nitrogens with zero attached hydrogens (tertiary/aromatic N) is 8. The number of nitrogen functional groups attached to an aromatic ring is 2. The lowest BCUT2D eigenvalue weighted by Crippen LogP contribution is -2.34. The first kappa shape index (κ1) is 32.1. The average molecular weight is 666 g/mol. The van der Waals surface area contributed by atoms with E-state index in [1.807, 2.05) is 0 Å². The summed E-state index contributed by atoms with van der Waals surface area (Å²) in [5.41, 5.74) is 11.9. The van der Waals surface area contributed by atoms with Crippen molar-refractivity contribution in [3.05, 3.63) is 25.3 Å². The van der Waals surface area contributed by atoms with Crippen LogP contribution < -0.4 is 11.5 Å². The number of phosphoric ester groups is 1. The Morgan fingerprint density at radius 1 is 1.11 bits per heavy atom. The minimum atomic E-state index is -5.07. The Morgan fingerprint density at radius 3 is 2.41 bits per heavy atom. The van der Waals surface area contributed by atoms with Gasteiger partial charge in [-0.1, -0.05) is 0 Å². The molecule has 7 N–H and O–H groups in total. The molecule has 20 nitrogen and oxygen atoms in total. The molecule has 44 heavy (non-hydrogen) atoms. The number of phosphoric acid groups is 1. The van der Waals surface area contributed by atoms with E-state index >= 15 is 4.39 Å². The van der Waals surface area contributed by atoms with Crippen molar-refractivity contribution in [3.8, 4) is 0 Å². The van der Waals surface area contributed by atoms with Crippen LogP contribution in [0.25, 0.3) is 22.3 Å². The Hall–Kier alpha value is -3.30. The van der Waals surface area contributed by atoms with E-state index in [1.54, 1.807) is 0 Å². The van der Waals surface area contributed by atoms with Crippen LogP contribution in [0.2, 0.25) is 0 Å². The number of aliphatic hydroxyl groups is 1. The third-order valence-electron chi connectivity index (χ3n) is 6.34. The lowest BCUT2D eigenvalue weighted by atomic mass is 10.1. The number of hydrogen-bond acceptors (Lipinski definition) is 16. The van der Waals surface area contributed by atoms with E-state index in [4.69, 9.17) is 34.7 Å². The number of nitrogens with two attached hydrogens (primary N) is 2. The summed E-state index contributed by atoms with van der Waals surface area (Å²) in [6.45, 7) is -2.49. The highest BCUT2D eigenvalue weighted by Crippen LogP contribution is 2.48. The number of anilines is 2. The first-order valence-electron chi connectivity index (χ1n) is 12.5. The molecule has 24 heteroatoms. The van der Waals surface area contributed by atoms with Crippen LogP contribution in [0.4, 0.5) is 20.4 Å². The van der Waals surface area contributed by atoms with Crippen molar-refractivity contribution in [1.29, 1.82) is 0 Å². The summed E-state index contributed by atoms with van der Waals surface area (Å²) in [5.74, 6) is -0.00901. The highest BCUT2D eigenvalue weighted by Gasteiger charge is 2.49. The molecule has 9 atom stereocenters. The fourth-order valence-corrected chi connectivity index (χ4v) is 5.76. The van der Waals surface area contributed by atoms with E-state index < -0.39 is 72.3 Å². The summed E-state index contributed by atoms with van der Waals surface area (Å²) < 4.78 is 81.7. The SMILES string of the molecule is C[C@H](OP(=O)(O)OC[C@H]1O[C@@H](n2cnc3c(N)ncnc32)C(F)[C@H]1OC[PH](=O)O)[C@@H](OC(O)F)n1cnc2c(N)ncnc21. The maximum atomic E-state index is 15.6. The molecule has 0 aromatic carbocycles. The highest BCUT2D eigenvalue weighted by atomic mass is 31.2. The zero-order valence-corrected chi connectivity index (χ0v) is 24.3. The second-order valence-corrected chi connectivity index (χ2v) is 11.7. The Bertz CT molecular complexity index is 1700. The molecule has 1 fully saturated rings. The summed E-state index contributed by atoms with van der Waals surface area (Å²) in [4.78, 5) is 43.4. The van der Waals surface area contributed by atoms with Crippen LogP contribution in [0.15, 0.2) is 25.3 Å². The zero-order valence-electron chi connectivity index (χ0n) is 22.4. The van der Waals surface area contributed by atoms with Gasteiger partial charge < -0.3 is 35.8 Å². The van der Waals surface area contributed by atoms with Crippen LogP contribution >= 0.6 is 15.9 Å². The van der Waals surface area contributed by atoms with Gasteiger partial charge in [-0.2, -0.15) is 4.39 Å². The van der Waals surface area contributed by atoms with Crippen LogP contribution in [-0.4, -0.2) is 97.9 Å². The molecule has 0 radical (unpaired) electrons. The van der Waals surface area contributed by atoms with Gasteiger partial charge in [0.1, 0.15) is 48.3 Å². The summed E-state index contributed by atoms with van der Waals surface area (Å²) in [6.07, 6.45) is -5.88. The predicted octanol–water partition coefficient (Wildman–Crippen LogP) is 0.158. The molecule has 1 aliphatic rings. The normalized spacial score (nSPS) is 24.8. The fraction of sp³-hybridized carbons (Fsp3) is 0.500. The molecular weight excluding hydrogens is 640 g/mol. The molecule has 0 bridgehead atoms. The minimum absolute atomic E-state index is 0.0170. The number of rotatable bonds is 13. The number of halogens is 2. The van der Waals surface area contributed by atoms with E-state index in [0.717, 1.165) is 23.5 Å². The maximum Gasteiger partial charge on any atom is 0.472 e. The Morgan fingerprint density at radius 2 is 1.75 bits per heavy atom. The van der Waals surface area contributed by atoms with Gasteiger partial charge in [-0.3, -0.25) is 27.5 Å². The van der Waals surface area contributed by atoms with Crippen LogP contribution in [0.3, 0.4) is 0 Å². The van der Waals surface area contributed by atoms with Crippen molar-refractivity contribution >= 4 is 49.8 Å². The molecule has 4 unspecified atom stereocenters. The van der Waals surface area contributed by atoms with E-state index in [2.05, 4.69) is 29.9 Å². The van der Waals surface area contributed by atoms with Gasteiger partial charge in [0.05, 0.1) is 19.3 Å². The Labute approximate surface area is 245 Å². The lowest BCUT2D eigenvalue weighted by Gasteiger charge is -2.27. The van der Waals surface area contributed by atoms with Gasteiger partial charge in [0.15, 0.2) is 41.6 Å². The standard InChI is InChI=1S/C20H26F2N10O10P2/c1-8(18(41-20(22)33)31-5-29-11-14(23)25-3-27-16(11)31)42-44(36,37)39-2-9-13(38-7-43(34)35)10(21)19(40-9)32-6-30-12-15(24)26-4-28-17(12)32/h3-6,8-10,13,18-20,33,43H,2,7H2,1H3,(H,34,35)(H,36,37)(H2,23,25,27)(H2,24,26,28)/t8-,9+,10?,13-,18+,19+,20?/m0/s1. The molecule has 5 rings (SSSR count). The molecule has 4 aromatic heterocycles. The molecule has 4 aromatic rings. The molecule has 0 spiro atoms. The fourth-order valence-electron chi connectivity index (χ4n) is 4.51. The molecule has 0 amide bonds. The molecule has 5 heterocycles. The van der Waals surface area contributed by atoms with Crippen molar-refractivity contribution in [3.63, 3.8) is 0 Å². The van der Waals surface area contributed by atoms with Gasteiger partial charge in [-0.25, -0.2) is 38.9 Å². The predicted molar refractivity (Wildman–Crippen MR) is 143 cm³/mol. The Kier molecular flexibility index (Phi) is 9.47. The lowest BCUT2D eigenvalue weighted by molar-refractivity contribution is -0.246. The quantitative estimate of drug-likeness (QED) is 0.0938. The minimum Gasteiger partial charge on any atom is -0.382 e. The largest absolute Gasteiger partial charge is 0.472 e. The summed E-state index contributed by atoms with van der Waals surface area (Å²) in [7, 11) is -8.28. The van der Waals surface area contributed by atoms with Crippen molar-refractivity contribution in [2.45, 2.75) is 50.4 Å². The molecular formula is C20H26F2N10O10P2. The van der Waals surface area contributed by atoms with Gasteiger partial charge in [-0.05, 0) is 6.92 Å². The maximum absolute atomic E-state index is 15.6.